The van der Waals surface area contributed by atoms with E-state index in [0.29, 0.717) is 6.42 Å². The number of rotatable bonds is 11. The highest BCUT2D eigenvalue weighted by molar-refractivity contribution is 6.02. The Morgan fingerprint density at radius 2 is 1.54 bits per heavy atom. The van der Waals surface area contributed by atoms with Crippen molar-refractivity contribution in [3.8, 4) is 0 Å². The van der Waals surface area contributed by atoms with Crippen LogP contribution in [0.1, 0.15) is 77.2 Å². The quantitative estimate of drug-likeness (QED) is 0.291. The minimum Gasteiger partial charge on any atom is -0.273 e. The summed E-state index contributed by atoms with van der Waals surface area (Å²) in [6.45, 7) is 4.17. The zero-order valence-corrected chi connectivity index (χ0v) is 16.3. The smallest absolute Gasteiger partial charge is 0.240 e. The van der Waals surface area contributed by atoms with E-state index in [-0.39, 0.29) is 5.91 Å². The Kier molecular flexibility index (Phi) is 8.88. The Morgan fingerprint density at radius 3 is 2.27 bits per heavy atom. The van der Waals surface area contributed by atoms with E-state index in [9.17, 15) is 4.79 Å². The number of unbranched alkanes of at least 4 members (excludes halogenated alkanes) is 7. The molecule has 0 heterocycles. The molecule has 2 rings (SSSR count). The molecule has 1 amide bonds. The van der Waals surface area contributed by atoms with Crippen LogP contribution in [0.5, 0.6) is 0 Å². The fourth-order valence-corrected chi connectivity index (χ4v) is 3.10. The van der Waals surface area contributed by atoms with Crippen molar-refractivity contribution in [2.24, 2.45) is 5.10 Å². The highest BCUT2D eigenvalue weighted by Gasteiger charge is 2.03. The van der Waals surface area contributed by atoms with Crippen molar-refractivity contribution in [3.63, 3.8) is 0 Å². The lowest BCUT2D eigenvalue weighted by atomic mass is 10.0. The number of hydrogen-bond acceptors (Lipinski definition) is 2. The third-order valence-corrected chi connectivity index (χ3v) is 4.77. The summed E-state index contributed by atoms with van der Waals surface area (Å²) in [5.74, 6) is 0.0103. The molecule has 2 aromatic carbocycles. The molecule has 0 spiro atoms. The first-order valence-electron chi connectivity index (χ1n) is 10.0. The molecular weight excluding hydrogens is 320 g/mol. The number of nitrogens with zero attached hydrogens (tertiary/aromatic N) is 1. The van der Waals surface area contributed by atoms with Gasteiger partial charge >= 0.3 is 0 Å². The van der Waals surface area contributed by atoms with E-state index >= 15 is 0 Å². The van der Waals surface area contributed by atoms with E-state index in [0.717, 1.165) is 24.1 Å². The van der Waals surface area contributed by atoms with Crippen LogP contribution in [0.2, 0.25) is 0 Å². The van der Waals surface area contributed by atoms with Gasteiger partial charge in [-0.2, -0.15) is 5.10 Å². The third kappa shape index (κ3) is 6.99. The lowest BCUT2D eigenvalue weighted by Gasteiger charge is -2.05. The summed E-state index contributed by atoms with van der Waals surface area (Å²) in [5, 5.41) is 6.66. The number of carbonyl (C=O) groups is 1. The molecule has 0 radical (unpaired) electrons. The maximum Gasteiger partial charge on any atom is 0.240 e. The minimum atomic E-state index is 0.0103. The largest absolute Gasteiger partial charge is 0.273 e. The normalized spacial score (nSPS) is 11.7. The van der Waals surface area contributed by atoms with Crippen LogP contribution in [0.3, 0.4) is 0 Å². The molecule has 26 heavy (non-hydrogen) atoms. The highest BCUT2D eigenvalue weighted by atomic mass is 16.2. The van der Waals surface area contributed by atoms with Gasteiger partial charge in [-0.25, -0.2) is 5.43 Å². The molecule has 0 atom stereocenters. The van der Waals surface area contributed by atoms with E-state index < -0.39 is 0 Å². The first-order chi connectivity index (χ1) is 12.7. The Labute approximate surface area is 157 Å². The zero-order chi connectivity index (χ0) is 18.6. The van der Waals surface area contributed by atoms with Crippen molar-refractivity contribution in [2.75, 3.05) is 0 Å². The van der Waals surface area contributed by atoms with Crippen molar-refractivity contribution in [1.29, 1.82) is 0 Å². The number of benzene rings is 2. The number of hydrazone groups is 1. The monoisotopic (exact) mass is 352 g/mol. The predicted molar refractivity (Wildman–Crippen MR) is 112 cm³/mol. The van der Waals surface area contributed by atoms with Gasteiger partial charge in [-0.1, -0.05) is 88.3 Å². The van der Waals surface area contributed by atoms with Crippen molar-refractivity contribution >= 4 is 22.4 Å². The summed E-state index contributed by atoms with van der Waals surface area (Å²) in [7, 11) is 0. The lowest BCUT2D eigenvalue weighted by molar-refractivity contribution is -0.121. The minimum absolute atomic E-state index is 0.0103. The number of fused-ring (bicyclic) bond motifs is 1. The van der Waals surface area contributed by atoms with Crippen molar-refractivity contribution in [2.45, 2.75) is 71.6 Å². The van der Waals surface area contributed by atoms with Gasteiger partial charge in [-0.3, -0.25) is 4.79 Å². The van der Waals surface area contributed by atoms with Crippen LogP contribution >= 0.6 is 0 Å². The van der Waals surface area contributed by atoms with Crippen LogP contribution in [0.25, 0.3) is 10.8 Å². The second-order valence-corrected chi connectivity index (χ2v) is 7.02. The van der Waals surface area contributed by atoms with Gasteiger partial charge in [0.2, 0.25) is 5.91 Å². The third-order valence-electron chi connectivity index (χ3n) is 4.77. The van der Waals surface area contributed by atoms with Crippen LogP contribution < -0.4 is 5.43 Å². The Balaban J connectivity index is 1.69. The first kappa shape index (κ1) is 20.2. The van der Waals surface area contributed by atoms with Crippen molar-refractivity contribution in [1.82, 2.24) is 5.43 Å². The van der Waals surface area contributed by atoms with E-state index in [1.165, 1.54) is 49.3 Å². The van der Waals surface area contributed by atoms with Crippen molar-refractivity contribution in [3.05, 3.63) is 48.0 Å². The van der Waals surface area contributed by atoms with Crippen LogP contribution in [-0.4, -0.2) is 11.6 Å². The standard InChI is InChI=1S/C23H32N2O/c1-3-4-5-6-7-8-9-10-15-23(26)25-24-19(2)21-17-16-20-13-11-12-14-22(20)18-21/h11-14,16-18H,3-10,15H2,1-2H3,(H,25,26)/b24-19+. The molecule has 0 unspecified atom stereocenters. The van der Waals surface area contributed by atoms with Gasteiger partial charge in [0.1, 0.15) is 0 Å². The highest BCUT2D eigenvalue weighted by Crippen LogP contribution is 2.16. The molecule has 3 nitrogen and oxygen atoms in total. The summed E-state index contributed by atoms with van der Waals surface area (Å²) >= 11 is 0. The second kappa shape index (κ2) is 11.5. The van der Waals surface area contributed by atoms with Crippen LogP contribution in [-0.2, 0) is 4.79 Å². The molecule has 0 aliphatic carbocycles. The second-order valence-electron chi connectivity index (χ2n) is 7.02. The molecule has 1 N–H and O–H groups in total. The predicted octanol–water partition coefficient (Wildman–Crippen LogP) is 6.21. The molecule has 0 fully saturated rings. The summed E-state index contributed by atoms with van der Waals surface area (Å²) in [6, 6.07) is 14.5. The number of hydrogen-bond donors (Lipinski definition) is 1. The lowest BCUT2D eigenvalue weighted by Crippen LogP contribution is -2.18. The first-order valence-corrected chi connectivity index (χ1v) is 10.0. The summed E-state index contributed by atoms with van der Waals surface area (Å²) < 4.78 is 0. The fraction of sp³-hybridized carbons (Fsp3) is 0.478. The van der Waals surface area contributed by atoms with Crippen LogP contribution in [0.15, 0.2) is 47.6 Å². The number of nitrogens with one attached hydrogen (secondary N) is 1. The zero-order valence-electron chi connectivity index (χ0n) is 16.3. The van der Waals surface area contributed by atoms with Crippen LogP contribution in [0.4, 0.5) is 0 Å². The average Bonchev–Trinajstić information content (AvgIpc) is 2.67. The Bertz CT molecular complexity index is 721. The molecule has 0 aromatic heterocycles. The fourth-order valence-electron chi connectivity index (χ4n) is 3.10. The van der Waals surface area contributed by atoms with Gasteiger partial charge in [0.25, 0.3) is 0 Å². The summed E-state index contributed by atoms with van der Waals surface area (Å²) in [6.07, 6.45) is 10.5. The SMILES string of the molecule is CCCCCCCCCCC(=O)N/N=C(\C)c1ccc2ccccc2c1. The number of carbonyl (C=O) groups excluding carboxylic acids is 1. The molecule has 0 saturated heterocycles. The molecule has 3 heteroatoms. The van der Waals surface area contributed by atoms with Gasteiger partial charge in [-0.05, 0) is 35.7 Å². The van der Waals surface area contributed by atoms with E-state index in [1.54, 1.807) is 0 Å². The number of amides is 1. The maximum atomic E-state index is 11.9. The van der Waals surface area contributed by atoms with Gasteiger partial charge < -0.3 is 0 Å². The van der Waals surface area contributed by atoms with E-state index in [2.05, 4.69) is 41.7 Å². The molecule has 0 aliphatic rings. The Morgan fingerprint density at radius 1 is 0.885 bits per heavy atom. The Hall–Kier alpha value is -2.16. The van der Waals surface area contributed by atoms with Gasteiger partial charge in [0.15, 0.2) is 0 Å². The van der Waals surface area contributed by atoms with E-state index in [1.807, 2.05) is 25.1 Å². The molecular formula is C23H32N2O. The molecule has 2 aromatic rings. The maximum absolute atomic E-state index is 11.9. The molecule has 140 valence electrons. The van der Waals surface area contributed by atoms with Gasteiger partial charge in [-0.15, -0.1) is 0 Å². The molecule has 0 aliphatic heterocycles. The topological polar surface area (TPSA) is 41.5 Å². The van der Waals surface area contributed by atoms with Crippen molar-refractivity contribution < 1.29 is 4.79 Å². The van der Waals surface area contributed by atoms with Gasteiger partial charge in [0, 0.05) is 6.42 Å². The molecule has 0 bridgehead atoms. The summed E-state index contributed by atoms with van der Waals surface area (Å²) in [4.78, 5) is 11.9. The average molecular weight is 353 g/mol. The summed E-state index contributed by atoms with van der Waals surface area (Å²) in [5.41, 5.74) is 4.57. The van der Waals surface area contributed by atoms with Crippen LogP contribution in [0, 0.1) is 0 Å². The molecule has 0 saturated carbocycles. The van der Waals surface area contributed by atoms with E-state index in [4.69, 9.17) is 0 Å². The van der Waals surface area contributed by atoms with Gasteiger partial charge in [0.05, 0.1) is 5.71 Å².